The number of hydrogen-bond donors (Lipinski definition) is 0. The summed E-state index contributed by atoms with van der Waals surface area (Å²) in [6.07, 6.45) is 0. The van der Waals surface area contributed by atoms with E-state index in [-0.39, 0.29) is 0 Å². The first-order valence-corrected chi connectivity index (χ1v) is 6.29. The Kier molecular flexibility index (Phi) is 6.28. The van der Waals surface area contributed by atoms with Crippen molar-refractivity contribution < 1.29 is 41.6 Å². The Hall–Kier alpha value is -1.81. The van der Waals surface area contributed by atoms with Crippen molar-refractivity contribution in [1.29, 1.82) is 0 Å². The number of carbonyl (C=O) groups is 4. The van der Waals surface area contributed by atoms with Gasteiger partial charge in [0.05, 0.1) is 0 Å². The summed E-state index contributed by atoms with van der Waals surface area (Å²) in [7, 11) is -5.38. The molecule has 0 heterocycles. The van der Waals surface area contributed by atoms with E-state index >= 15 is 0 Å². The molecular formula is C9H11O9S-. The summed E-state index contributed by atoms with van der Waals surface area (Å²) in [6, 6.07) is 0. The van der Waals surface area contributed by atoms with E-state index in [0.717, 1.165) is 13.8 Å². The lowest BCUT2D eigenvalue weighted by Crippen LogP contribution is -2.41. The van der Waals surface area contributed by atoms with Crippen LogP contribution in [0.2, 0.25) is 0 Å². The average Bonchev–Trinajstić information content (AvgIpc) is 2.21. The molecule has 0 aromatic carbocycles. The van der Waals surface area contributed by atoms with Crippen LogP contribution in [0.4, 0.5) is 0 Å². The maximum atomic E-state index is 11.2. The Labute approximate surface area is 108 Å². The van der Waals surface area contributed by atoms with Gasteiger partial charge in [0.15, 0.2) is 11.6 Å². The van der Waals surface area contributed by atoms with Crippen LogP contribution in [0.1, 0.15) is 13.8 Å². The molecule has 0 aliphatic heterocycles. The number of carbonyl (C=O) groups excluding carboxylic acids is 4. The standard InChI is InChI=1S/C9H12O9S/c1-5(10)3-17-8(12)7(19(14,15)16)9(13)18-4-6(2)11/h7H,3-4H2,1-2H3,(H,14,15,16)/p-1. The number of hydrogen-bond acceptors (Lipinski definition) is 9. The molecule has 0 N–H and O–H groups in total. The quantitative estimate of drug-likeness (QED) is 0.300. The van der Waals surface area contributed by atoms with Crippen molar-refractivity contribution in [1.82, 2.24) is 0 Å². The number of rotatable bonds is 7. The number of Topliss-reactive ketones (excluding diaryl/α,β-unsaturated/α-hetero) is 2. The average molecular weight is 295 g/mol. The predicted molar refractivity (Wildman–Crippen MR) is 56.8 cm³/mol. The van der Waals surface area contributed by atoms with Crippen LogP contribution in [-0.2, 0) is 38.8 Å². The van der Waals surface area contributed by atoms with Crippen LogP contribution in [-0.4, -0.2) is 54.9 Å². The van der Waals surface area contributed by atoms with Crippen molar-refractivity contribution in [2.75, 3.05) is 13.2 Å². The molecule has 0 bridgehead atoms. The fourth-order valence-corrected chi connectivity index (χ4v) is 1.44. The van der Waals surface area contributed by atoms with Gasteiger partial charge in [-0.25, -0.2) is 8.42 Å². The van der Waals surface area contributed by atoms with Crippen LogP contribution in [0.25, 0.3) is 0 Å². The highest BCUT2D eigenvalue weighted by Crippen LogP contribution is 2.05. The molecule has 0 saturated carbocycles. The van der Waals surface area contributed by atoms with Crippen molar-refractivity contribution in [3.8, 4) is 0 Å². The monoisotopic (exact) mass is 295 g/mol. The molecule has 0 spiro atoms. The Morgan fingerprint density at radius 2 is 1.26 bits per heavy atom. The first-order valence-electron chi connectivity index (χ1n) is 4.82. The zero-order valence-electron chi connectivity index (χ0n) is 10.1. The van der Waals surface area contributed by atoms with Gasteiger partial charge in [0.2, 0.25) is 5.25 Å². The third kappa shape index (κ3) is 6.62. The van der Waals surface area contributed by atoms with E-state index in [2.05, 4.69) is 9.47 Å². The Bertz CT molecular complexity index is 460. The minimum absolute atomic E-state index is 0.618. The van der Waals surface area contributed by atoms with Gasteiger partial charge in [-0.3, -0.25) is 19.2 Å². The first-order chi connectivity index (χ1) is 8.55. The van der Waals surface area contributed by atoms with E-state index < -0.39 is 52.1 Å². The maximum Gasteiger partial charge on any atom is 0.335 e. The molecule has 0 fully saturated rings. The smallest absolute Gasteiger partial charge is 0.335 e. The van der Waals surface area contributed by atoms with Gasteiger partial charge in [0.1, 0.15) is 23.3 Å². The fraction of sp³-hybridized carbons (Fsp3) is 0.556. The van der Waals surface area contributed by atoms with Gasteiger partial charge in [0, 0.05) is 0 Å². The second-order valence-electron chi connectivity index (χ2n) is 3.49. The number of ether oxygens (including phenoxy) is 2. The van der Waals surface area contributed by atoms with Gasteiger partial charge < -0.3 is 14.0 Å². The third-order valence-corrected chi connectivity index (χ3v) is 2.51. The molecular weight excluding hydrogens is 284 g/mol. The second kappa shape index (κ2) is 6.95. The molecule has 108 valence electrons. The molecule has 0 rings (SSSR count). The molecule has 0 atom stereocenters. The highest BCUT2D eigenvalue weighted by atomic mass is 32.2. The minimum atomic E-state index is -5.38. The van der Waals surface area contributed by atoms with E-state index in [1.807, 2.05) is 0 Å². The Morgan fingerprint density at radius 1 is 0.947 bits per heavy atom. The van der Waals surface area contributed by atoms with Gasteiger partial charge in [-0.2, -0.15) is 0 Å². The SMILES string of the molecule is CC(=O)COC(=O)C(C(=O)OCC(C)=O)S(=O)(=O)[O-]. The van der Waals surface area contributed by atoms with Crippen molar-refractivity contribution in [3.63, 3.8) is 0 Å². The van der Waals surface area contributed by atoms with Gasteiger partial charge >= 0.3 is 11.9 Å². The number of ketones is 2. The lowest BCUT2D eigenvalue weighted by Gasteiger charge is -2.17. The first kappa shape index (κ1) is 17.2. The van der Waals surface area contributed by atoms with E-state index in [0.29, 0.717) is 0 Å². The van der Waals surface area contributed by atoms with Gasteiger partial charge in [-0.1, -0.05) is 0 Å². The normalized spacial score (nSPS) is 10.9. The van der Waals surface area contributed by atoms with Crippen molar-refractivity contribution in [2.45, 2.75) is 19.1 Å². The highest BCUT2D eigenvalue weighted by molar-refractivity contribution is 7.88. The topological polar surface area (TPSA) is 144 Å². The maximum absolute atomic E-state index is 11.2. The molecule has 10 heteroatoms. The van der Waals surface area contributed by atoms with Crippen LogP contribution in [0.3, 0.4) is 0 Å². The molecule has 19 heavy (non-hydrogen) atoms. The van der Waals surface area contributed by atoms with Gasteiger partial charge in [-0.05, 0) is 13.8 Å². The van der Waals surface area contributed by atoms with Crippen molar-refractivity contribution in [3.05, 3.63) is 0 Å². The zero-order chi connectivity index (χ0) is 15.2. The largest absolute Gasteiger partial charge is 0.747 e. The second-order valence-corrected chi connectivity index (χ2v) is 4.95. The van der Waals surface area contributed by atoms with Crippen LogP contribution < -0.4 is 0 Å². The zero-order valence-corrected chi connectivity index (χ0v) is 10.9. The lowest BCUT2D eigenvalue weighted by molar-refractivity contribution is -0.157. The fourth-order valence-electron chi connectivity index (χ4n) is 0.829. The van der Waals surface area contributed by atoms with Crippen LogP contribution in [0.5, 0.6) is 0 Å². The molecule has 0 amide bonds. The summed E-state index contributed by atoms with van der Waals surface area (Å²) in [5.74, 6) is -4.68. The summed E-state index contributed by atoms with van der Waals surface area (Å²) in [5, 5.41) is -2.76. The molecule has 0 aromatic heterocycles. The molecule has 0 saturated heterocycles. The summed E-state index contributed by atoms with van der Waals surface area (Å²) in [6.45, 7) is 0.514. The van der Waals surface area contributed by atoms with Gasteiger partial charge in [0.25, 0.3) is 0 Å². The minimum Gasteiger partial charge on any atom is -0.747 e. The van der Waals surface area contributed by atoms with E-state index in [1.165, 1.54) is 0 Å². The van der Waals surface area contributed by atoms with Gasteiger partial charge in [-0.15, -0.1) is 0 Å². The molecule has 9 nitrogen and oxygen atoms in total. The van der Waals surface area contributed by atoms with Crippen LogP contribution in [0, 0.1) is 0 Å². The highest BCUT2D eigenvalue weighted by Gasteiger charge is 2.36. The molecule has 0 aliphatic rings. The Balaban J connectivity index is 4.92. The molecule has 0 aromatic rings. The van der Waals surface area contributed by atoms with Crippen molar-refractivity contribution in [2.24, 2.45) is 0 Å². The van der Waals surface area contributed by atoms with E-state index in [4.69, 9.17) is 0 Å². The summed E-state index contributed by atoms with van der Waals surface area (Å²) in [4.78, 5) is 43.6. The summed E-state index contributed by atoms with van der Waals surface area (Å²) >= 11 is 0. The lowest BCUT2D eigenvalue weighted by atomic mass is 10.4. The number of esters is 2. The molecule has 0 unspecified atom stereocenters. The summed E-state index contributed by atoms with van der Waals surface area (Å²) in [5.41, 5.74) is 0. The van der Waals surface area contributed by atoms with Crippen LogP contribution in [0.15, 0.2) is 0 Å². The van der Waals surface area contributed by atoms with Crippen LogP contribution >= 0.6 is 0 Å². The van der Waals surface area contributed by atoms with Crippen molar-refractivity contribution >= 4 is 33.6 Å². The predicted octanol–water partition coefficient (Wildman–Crippen LogP) is -1.84. The Morgan fingerprint density at radius 3 is 1.47 bits per heavy atom. The summed E-state index contributed by atoms with van der Waals surface area (Å²) < 4.78 is 40.7. The van der Waals surface area contributed by atoms with E-state index in [9.17, 15) is 32.1 Å². The van der Waals surface area contributed by atoms with E-state index in [1.54, 1.807) is 0 Å². The molecule has 0 radical (unpaired) electrons. The third-order valence-electron chi connectivity index (χ3n) is 1.55. The molecule has 0 aliphatic carbocycles.